The lowest BCUT2D eigenvalue weighted by atomic mass is 9.98. The Hall–Kier alpha value is -3.85. The maximum Gasteiger partial charge on any atom is 0.416 e. The highest BCUT2D eigenvalue weighted by molar-refractivity contribution is 5.96. The Morgan fingerprint density at radius 1 is 0.841 bits per heavy atom. The van der Waals surface area contributed by atoms with Gasteiger partial charge in [-0.1, -0.05) is 54.6 Å². The Bertz CT molecular complexity index is 1440. The summed E-state index contributed by atoms with van der Waals surface area (Å²) in [6, 6.07) is 21.0. The van der Waals surface area contributed by atoms with Crippen molar-refractivity contribution in [2.45, 2.75) is 50.9 Å². The summed E-state index contributed by atoms with van der Waals surface area (Å²) in [5, 5.41) is 0. The molecule has 2 saturated heterocycles. The van der Waals surface area contributed by atoms with Gasteiger partial charge in [-0.15, -0.1) is 0 Å². The minimum atomic E-state index is -4.38. The van der Waals surface area contributed by atoms with Crippen molar-refractivity contribution in [3.05, 3.63) is 95.1 Å². The zero-order chi connectivity index (χ0) is 31.4. The summed E-state index contributed by atoms with van der Waals surface area (Å²) in [4.78, 5) is 34.8. The first kappa shape index (κ1) is 31.6. The molecule has 0 radical (unpaired) electrons. The van der Waals surface area contributed by atoms with Crippen LogP contribution >= 0.6 is 0 Å². The van der Waals surface area contributed by atoms with Crippen LogP contribution < -0.4 is 0 Å². The number of carbonyl (C=O) groups is 2. The molecule has 5 rings (SSSR count). The van der Waals surface area contributed by atoms with Crippen LogP contribution in [-0.4, -0.2) is 90.4 Å². The minimum Gasteiger partial charge on any atom is -0.337 e. The van der Waals surface area contributed by atoms with Crippen molar-refractivity contribution >= 4 is 11.9 Å². The fourth-order valence-electron chi connectivity index (χ4n) is 6.38. The van der Waals surface area contributed by atoms with Gasteiger partial charge in [-0.25, -0.2) is 4.79 Å². The number of hydrogen-bond acceptors (Lipinski definition) is 3. The predicted octanol–water partition coefficient (Wildman–Crippen LogP) is 6.59. The average molecular weight is 607 g/mol. The highest BCUT2D eigenvalue weighted by Gasteiger charge is 2.36. The second kappa shape index (κ2) is 13.4. The first-order chi connectivity index (χ1) is 21.0. The second-order valence-corrected chi connectivity index (χ2v) is 12.1. The van der Waals surface area contributed by atoms with E-state index in [0.717, 1.165) is 62.2 Å². The molecule has 234 valence electrons. The molecule has 0 saturated carbocycles. The molecule has 0 bridgehead atoms. The van der Waals surface area contributed by atoms with Gasteiger partial charge in [0.15, 0.2) is 0 Å². The number of likely N-dealkylation sites (N-methyl/N-ethyl adjacent to an activating group) is 2. The molecule has 2 unspecified atom stereocenters. The summed E-state index contributed by atoms with van der Waals surface area (Å²) >= 11 is 0. The van der Waals surface area contributed by atoms with Crippen LogP contribution in [-0.2, 0) is 12.6 Å². The third kappa shape index (κ3) is 7.26. The van der Waals surface area contributed by atoms with Crippen molar-refractivity contribution in [2.75, 3.05) is 46.8 Å². The predicted molar refractivity (Wildman–Crippen MR) is 166 cm³/mol. The van der Waals surface area contributed by atoms with E-state index in [1.807, 2.05) is 35.9 Å². The number of urea groups is 1. The van der Waals surface area contributed by atoms with Gasteiger partial charge in [-0.2, -0.15) is 13.2 Å². The highest BCUT2D eigenvalue weighted by atomic mass is 19.4. The standard InChI is InChI=1S/C35H41F3N4O2/c1-25-22-28(27-11-14-29(15-12-27)35(36,37)38)13-16-32(25)33(43)39(2)31-18-21-42(24-31)34(44)40(3)30-17-20-41(23-30)19-7-10-26-8-5-4-6-9-26/h4-6,8-9,11-16,22,30-31H,7,10,17-21,23-24H2,1-3H3. The number of amides is 3. The van der Waals surface area contributed by atoms with Crippen LogP contribution in [0.1, 0.15) is 46.3 Å². The maximum atomic E-state index is 13.5. The van der Waals surface area contributed by atoms with Gasteiger partial charge < -0.3 is 19.6 Å². The van der Waals surface area contributed by atoms with Crippen molar-refractivity contribution in [1.29, 1.82) is 0 Å². The highest BCUT2D eigenvalue weighted by Crippen LogP contribution is 2.32. The maximum absolute atomic E-state index is 13.5. The molecular weight excluding hydrogens is 565 g/mol. The largest absolute Gasteiger partial charge is 0.416 e. The van der Waals surface area contributed by atoms with Crippen LogP contribution in [0.3, 0.4) is 0 Å². The van der Waals surface area contributed by atoms with E-state index in [0.29, 0.717) is 30.6 Å². The minimum absolute atomic E-state index is 0.0153. The first-order valence-corrected chi connectivity index (χ1v) is 15.3. The molecule has 6 nitrogen and oxygen atoms in total. The van der Waals surface area contributed by atoms with E-state index in [4.69, 9.17) is 0 Å². The molecule has 0 aromatic heterocycles. The van der Waals surface area contributed by atoms with E-state index in [9.17, 15) is 22.8 Å². The molecule has 44 heavy (non-hydrogen) atoms. The lowest BCUT2D eigenvalue weighted by molar-refractivity contribution is -0.137. The molecule has 0 aliphatic carbocycles. The van der Waals surface area contributed by atoms with Gasteiger partial charge >= 0.3 is 12.2 Å². The SMILES string of the molecule is Cc1cc(-c2ccc(C(F)(F)F)cc2)ccc1C(=O)N(C)C1CCN(C(=O)N(C)C2CCN(CCCc3ccccc3)C2)C1. The Labute approximate surface area is 258 Å². The van der Waals surface area contributed by atoms with Gasteiger partial charge in [0.1, 0.15) is 0 Å². The molecule has 2 aliphatic rings. The lowest BCUT2D eigenvalue weighted by Gasteiger charge is -2.30. The summed E-state index contributed by atoms with van der Waals surface area (Å²) in [5.74, 6) is -0.129. The third-order valence-electron chi connectivity index (χ3n) is 9.18. The van der Waals surface area contributed by atoms with Crippen LogP contribution in [0.5, 0.6) is 0 Å². The van der Waals surface area contributed by atoms with Crippen molar-refractivity contribution in [3.8, 4) is 11.1 Å². The fourth-order valence-corrected chi connectivity index (χ4v) is 6.38. The van der Waals surface area contributed by atoms with Gasteiger partial charge in [-0.05, 0) is 79.6 Å². The van der Waals surface area contributed by atoms with Crippen molar-refractivity contribution in [2.24, 2.45) is 0 Å². The monoisotopic (exact) mass is 606 g/mol. The normalized spacial score (nSPS) is 18.9. The van der Waals surface area contributed by atoms with E-state index in [2.05, 4.69) is 29.2 Å². The molecule has 3 amide bonds. The van der Waals surface area contributed by atoms with Crippen LogP contribution in [0.4, 0.5) is 18.0 Å². The topological polar surface area (TPSA) is 47.1 Å². The van der Waals surface area contributed by atoms with Gasteiger partial charge in [-0.3, -0.25) is 4.79 Å². The van der Waals surface area contributed by atoms with Crippen molar-refractivity contribution in [1.82, 2.24) is 19.6 Å². The summed E-state index contributed by atoms with van der Waals surface area (Å²) in [6.07, 6.45) is -0.557. The summed E-state index contributed by atoms with van der Waals surface area (Å²) < 4.78 is 38.8. The molecule has 3 aromatic carbocycles. The fraction of sp³-hybridized carbons (Fsp3) is 0.429. The molecular formula is C35H41F3N4O2. The van der Waals surface area contributed by atoms with E-state index < -0.39 is 11.7 Å². The Morgan fingerprint density at radius 2 is 1.50 bits per heavy atom. The van der Waals surface area contributed by atoms with Gasteiger partial charge in [0.25, 0.3) is 5.91 Å². The average Bonchev–Trinajstić information content (AvgIpc) is 3.70. The summed E-state index contributed by atoms with van der Waals surface area (Å²) in [5.41, 5.74) is 3.36. The Kier molecular flexibility index (Phi) is 9.63. The van der Waals surface area contributed by atoms with Crippen molar-refractivity contribution in [3.63, 3.8) is 0 Å². The number of halogens is 3. The molecule has 2 fully saturated rings. The van der Waals surface area contributed by atoms with E-state index >= 15 is 0 Å². The van der Waals surface area contributed by atoms with E-state index in [-0.39, 0.29) is 24.0 Å². The molecule has 0 N–H and O–H groups in total. The van der Waals surface area contributed by atoms with E-state index in [1.54, 1.807) is 24.1 Å². The summed E-state index contributed by atoms with van der Waals surface area (Å²) in [6.45, 7) is 5.83. The number of rotatable bonds is 8. The van der Waals surface area contributed by atoms with Crippen LogP contribution in [0.15, 0.2) is 72.8 Å². The number of alkyl halides is 3. The van der Waals surface area contributed by atoms with Gasteiger partial charge in [0, 0.05) is 51.9 Å². The Balaban J connectivity index is 1.12. The van der Waals surface area contributed by atoms with Gasteiger partial charge in [0.05, 0.1) is 11.6 Å². The summed E-state index contributed by atoms with van der Waals surface area (Å²) in [7, 11) is 3.67. The van der Waals surface area contributed by atoms with Crippen molar-refractivity contribution < 1.29 is 22.8 Å². The zero-order valence-corrected chi connectivity index (χ0v) is 25.7. The smallest absolute Gasteiger partial charge is 0.337 e. The number of nitrogens with zero attached hydrogens (tertiary/aromatic N) is 4. The van der Waals surface area contributed by atoms with E-state index in [1.165, 1.54) is 17.7 Å². The quantitative estimate of drug-likeness (QED) is 0.291. The lowest BCUT2D eigenvalue weighted by Crippen LogP contribution is -2.47. The second-order valence-electron chi connectivity index (χ2n) is 12.1. The Morgan fingerprint density at radius 3 is 2.18 bits per heavy atom. The molecule has 2 aliphatic heterocycles. The molecule has 2 atom stereocenters. The zero-order valence-electron chi connectivity index (χ0n) is 25.7. The third-order valence-corrected chi connectivity index (χ3v) is 9.18. The number of hydrogen-bond donors (Lipinski definition) is 0. The first-order valence-electron chi connectivity index (χ1n) is 15.3. The molecule has 9 heteroatoms. The van der Waals surface area contributed by atoms with Crippen LogP contribution in [0.25, 0.3) is 11.1 Å². The van der Waals surface area contributed by atoms with Crippen LogP contribution in [0, 0.1) is 6.92 Å². The number of benzene rings is 3. The molecule has 3 aromatic rings. The van der Waals surface area contributed by atoms with Gasteiger partial charge in [0.2, 0.25) is 0 Å². The number of carbonyl (C=O) groups excluding carboxylic acids is 2. The molecule has 0 spiro atoms. The van der Waals surface area contributed by atoms with Crippen LogP contribution in [0.2, 0.25) is 0 Å². The molecule has 2 heterocycles. The number of likely N-dealkylation sites (tertiary alicyclic amines) is 2. The number of aryl methyl sites for hydroxylation is 2.